The van der Waals surface area contributed by atoms with Crippen LogP contribution in [-0.4, -0.2) is 22.5 Å². The number of para-hydroxylation sites is 3. The number of aryl methyl sites for hydroxylation is 1. The fraction of sp³-hybridized carbons (Fsp3) is 0.211. The fourth-order valence-electron chi connectivity index (χ4n) is 2.51. The van der Waals surface area contributed by atoms with Gasteiger partial charge in [0.2, 0.25) is 0 Å². The van der Waals surface area contributed by atoms with Crippen molar-refractivity contribution in [3.8, 4) is 0 Å². The first-order valence-corrected chi connectivity index (χ1v) is 8.01. The highest BCUT2D eigenvalue weighted by atomic mass is 16.5. The lowest BCUT2D eigenvalue weighted by Crippen LogP contribution is -2.12. The van der Waals surface area contributed by atoms with Crippen LogP contribution in [0.25, 0.3) is 11.0 Å². The predicted octanol–water partition coefficient (Wildman–Crippen LogP) is 4.11. The third-order valence-corrected chi connectivity index (χ3v) is 3.69. The van der Waals surface area contributed by atoms with Gasteiger partial charge < -0.3 is 10.1 Å². The molecule has 0 aliphatic carbocycles. The normalized spacial score (nSPS) is 10.6. The van der Waals surface area contributed by atoms with E-state index >= 15 is 0 Å². The molecule has 5 nitrogen and oxygen atoms in total. The number of carbonyl (C=O) groups is 1. The molecule has 0 aliphatic heterocycles. The van der Waals surface area contributed by atoms with Crippen molar-refractivity contribution in [1.29, 1.82) is 0 Å². The summed E-state index contributed by atoms with van der Waals surface area (Å²) in [5.41, 5.74) is 3.63. The molecule has 3 aromatic rings. The van der Waals surface area contributed by atoms with E-state index in [1.807, 2.05) is 48.5 Å². The van der Waals surface area contributed by atoms with Crippen LogP contribution >= 0.6 is 0 Å². The van der Waals surface area contributed by atoms with Crippen LogP contribution in [0.4, 0.5) is 11.5 Å². The van der Waals surface area contributed by atoms with Crippen molar-refractivity contribution in [3.05, 3.63) is 59.8 Å². The minimum atomic E-state index is -0.479. The number of nitrogens with one attached hydrogen (secondary N) is 1. The smallest absolute Gasteiger partial charge is 0.360 e. The minimum absolute atomic E-state index is 0.196. The maximum Gasteiger partial charge on any atom is 0.360 e. The van der Waals surface area contributed by atoms with Gasteiger partial charge in [-0.15, -0.1) is 0 Å². The average molecular weight is 321 g/mol. The molecule has 1 heterocycles. The first kappa shape index (κ1) is 15.9. The fourth-order valence-corrected chi connectivity index (χ4v) is 2.51. The van der Waals surface area contributed by atoms with Gasteiger partial charge in [-0.25, -0.2) is 14.8 Å². The second-order valence-electron chi connectivity index (χ2n) is 5.27. The van der Waals surface area contributed by atoms with E-state index in [1.165, 1.54) is 0 Å². The first-order valence-electron chi connectivity index (χ1n) is 8.01. The molecule has 0 fully saturated rings. The zero-order chi connectivity index (χ0) is 16.9. The van der Waals surface area contributed by atoms with Gasteiger partial charge in [0, 0.05) is 5.69 Å². The standard InChI is InChI=1S/C19H19N3O2/c1-3-13-9-5-6-10-14(13)21-18-17(19(23)24-4-2)20-15-11-7-8-12-16(15)22-18/h5-12H,3-4H2,1-2H3,(H,21,22). The summed E-state index contributed by atoms with van der Waals surface area (Å²) in [6.45, 7) is 4.14. The van der Waals surface area contributed by atoms with Crippen molar-refractivity contribution in [2.45, 2.75) is 20.3 Å². The Bertz CT molecular complexity index is 877. The van der Waals surface area contributed by atoms with Crippen molar-refractivity contribution in [2.75, 3.05) is 11.9 Å². The summed E-state index contributed by atoms with van der Waals surface area (Å²) in [4.78, 5) is 21.3. The van der Waals surface area contributed by atoms with Crippen LogP contribution in [0.1, 0.15) is 29.9 Å². The second kappa shape index (κ2) is 7.08. The van der Waals surface area contributed by atoms with E-state index in [4.69, 9.17) is 4.74 Å². The molecule has 1 N–H and O–H groups in total. The molecular weight excluding hydrogens is 302 g/mol. The molecule has 1 aromatic heterocycles. The van der Waals surface area contributed by atoms with Gasteiger partial charge in [-0.2, -0.15) is 0 Å². The second-order valence-corrected chi connectivity index (χ2v) is 5.27. The van der Waals surface area contributed by atoms with Crippen LogP contribution in [0.15, 0.2) is 48.5 Å². The molecule has 3 rings (SSSR count). The first-order chi connectivity index (χ1) is 11.7. The van der Waals surface area contributed by atoms with Gasteiger partial charge in [-0.1, -0.05) is 37.3 Å². The monoisotopic (exact) mass is 321 g/mol. The summed E-state index contributed by atoms with van der Waals surface area (Å²) in [7, 11) is 0. The third-order valence-electron chi connectivity index (χ3n) is 3.69. The molecule has 0 unspecified atom stereocenters. The number of fused-ring (bicyclic) bond motifs is 1. The van der Waals surface area contributed by atoms with E-state index in [0.717, 1.165) is 23.2 Å². The van der Waals surface area contributed by atoms with E-state index < -0.39 is 5.97 Å². The van der Waals surface area contributed by atoms with Crippen molar-refractivity contribution < 1.29 is 9.53 Å². The predicted molar refractivity (Wildman–Crippen MR) is 94.6 cm³/mol. The van der Waals surface area contributed by atoms with Crippen molar-refractivity contribution >= 4 is 28.5 Å². The van der Waals surface area contributed by atoms with Crippen LogP contribution in [-0.2, 0) is 11.2 Å². The Balaban J connectivity index is 2.10. The van der Waals surface area contributed by atoms with E-state index in [0.29, 0.717) is 17.9 Å². The molecule has 24 heavy (non-hydrogen) atoms. The molecule has 122 valence electrons. The van der Waals surface area contributed by atoms with Crippen molar-refractivity contribution in [2.24, 2.45) is 0 Å². The Kier molecular flexibility index (Phi) is 4.70. The van der Waals surface area contributed by atoms with E-state index in [-0.39, 0.29) is 5.69 Å². The van der Waals surface area contributed by atoms with Crippen molar-refractivity contribution in [3.63, 3.8) is 0 Å². The van der Waals surface area contributed by atoms with Crippen LogP contribution in [0.2, 0.25) is 0 Å². The quantitative estimate of drug-likeness (QED) is 0.716. The number of anilines is 2. The summed E-state index contributed by atoms with van der Waals surface area (Å²) in [6, 6.07) is 15.4. The van der Waals surface area contributed by atoms with Gasteiger partial charge >= 0.3 is 5.97 Å². The Labute approximate surface area is 140 Å². The molecule has 2 aromatic carbocycles. The van der Waals surface area contributed by atoms with E-state index in [9.17, 15) is 4.79 Å². The molecule has 0 saturated carbocycles. The Morgan fingerprint density at radius 3 is 2.38 bits per heavy atom. The Morgan fingerprint density at radius 1 is 1.00 bits per heavy atom. The largest absolute Gasteiger partial charge is 0.461 e. The molecule has 0 amide bonds. The number of rotatable bonds is 5. The molecule has 0 saturated heterocycles. The van der Waals surface area contributed by atoms with E-state index in [2.05, 4.69) is 22.2 Å². The van der Waals surface area contributed by atoms with Gasteiger partial charge in [0.15, 0.2) is 11.5 Å². The third kappa shape index (κ3) is 3.20. The van der Waals surface area contributed by atoms with Gasteiger partial charge in [0.05, 0.1) is 17.6 Å². The molecule has 0 radical (unpaired) electrons. The SMILES string of the molecule is CCOC(=O)c1nc2ccccc2nc1Nc1ccccc1CC. The number of hydrogen-bond donors (Lipinski definition) is 1. The van der Waals surface area contributed by atoms with Gasteiger partial charge in [-0.05, 0) is 37.1 Å². The summed E-state index contributed by atoms with van der Waals surface area (Å²) in [5, 5.41) is 3.25. The highest BCUT2D eigenvalue weighted by Crippen LogP contribution is 2.24. The molecule has 0 atom stereocenters. The summed E-state index contributed by atoms with van der Waals surface area (Å²) in [6.07, 6.45) is 0.874. The number of carbonyl (C=O) groups excluding carboxylic acids is 1. The van der Waals surface area contributed by atoms with Crippen LogP contribution < -0.4 is 5.32 Å². The molecule has 5 heteroatoms. The Morgan fingerprint density at radius 2 is 1.67 bits per heavy atom. The number of nitrogens with zero attached hydrogens (tertiary/aromatic N) is 2. The van der Waals surface area contributed by atoms with Gasteiger partial charge in [-0.3, -0.25) is 0 Å². The average Bonchev–Trinajstić information content (AvgIpc) is 2.62. The minimum Gasteiger partial charge on any atom is -0.461 e. The van der Waals surface area contributed by atoms with Crippen LogP contribution in [0.5, 0.6) is 0 Å². The maximum atomic E-state index is 12.3. The van der Waals surface area contributed by atoms with Crippen LogP contribution in [0, 0.1) is 0 Å². The lowest BCUT2D eigenvalue weighted by atomic mass is 10.1. The van der Waals surface area contributed by atoms with Crippen LogP contribution in [0.3, 0.4) is 0 Å². The number of hydrogen-bond acceptors (Lipinski definition) is 5. The zero-order valence-electron chi connectivity index (χ0n) is 13.7. The topological polar surface area (TPSA) is 64.1 Å². The summed E-state index contributed by atoms with van der Waals surface area (Å²) in [5.74, 6) is -0.0692. The number of ether oxygens (including phenoxy) is 1. The summed E-state index contributed by atoms with van der Waals surface area (Å²) < 4.78 is 5.13. The Hall–Kier alpha value is -2.95. The highest BCUT2D eigenvalue weighted by Gasteiger charge is 2.18. The maximum absolute atomic E-state index is 12.3. The number of aromatic nitrogens is 2. The number of benzene rings is 2. The zero-order valence-corrected chi connectivity index (χ0v) is 13.7. The lowest BCUT2D eigenvalue weighted by Gasteiger charge is -2.13. The number of esters is 1. The molecule has 0 spiro atoms. The highest BCUT2D eigenvalue weighted by molar-refractivity contribution is 5.96. The molecule has 0 bridgehead atoms. The van der Waals surface area contributed by atoms with Gasteiger partial charge in [0.1, 0.15) is 0 Å². The molecular formula is C19H19N3O2. The summed E-state index contributed by atoms with van der Waals surface area (Å²) >= 11 is 0. The lowest BCUT2D eigenvalue weighted by molar-refractivity contribution is 0.0521. The van der Waals surface area contributed by atoms with E-state index in [1.54, 1.807) is 6.92 Å². The van der Waals surface area contributed by atoms with Crippen molar-refractivity contribution in [1.82, 2.24) is 9.97 Å². The van der Waals surface area contributed by atoms with Gasteiger partial charge in [0.25, 0.3) is 0 Å². The molecule has 0 aliphatic rings.